The first-order chi connectivity index (χ1) is 12.4. The third-order valence-corrected chi connectivity index (χ3v) is 5.91. The number of anilines is 1. The number of nitrogens with one attached hydrogen (secondary N) is 1. The predicted octanol–water partition coefficient (Wildman–Crippen LogP) is 3.17. The van der Waals surface area contributed by atoms with Crippen molar-refractivity contribution in [1.29, 1.82) is 0 Å². The van der Waals surface area contributed by atoms with E-state index in [0.717, 1.165) is 60.4 Å². The second kappa shape index (κ2) is 7.88. The van der Waals surface area contributed by atoms with Crippen molar-refractivity contribution in [3.63, 3.8) is 0 Å². The monoisotopic (exact) mass is 375 g/mol. The van der Waals surface area contributed by atoms with Crippen LogP contribution in [-0.2, 0) is 30.7 Å². The van der Waals surface area contributed by atoms with E-state index in [0.29, 0.717) is 12.3 Å². The summed E-state index contributed by atoms with van der Waals surface area (Å²) in [5.41, 5.74) is 4.20. The molecule has 2 aromatic rings. The molecule has 2 aromatic heterocycles. The molecule has 6 nitrogen and oxygen atoms in total. The molecule has 0 fully saturated rings. The highest BCUT2D eigenvalue weighted by molar-refractivity contribution is 7.15. The van der Waals surface area contributed by atoms with E-state index in [1.54, 1.807) is 11.3 Å². The zero-order valence-corrected chi connectivity index (χ0v) is 17.2. The van der Waals surface area contributed by atoms with Crippen molar-refractivity contribution in [3.05, 3.63) is 27.5 Å². The van der Waals surface area contributed by atoms with Gasteiger partial charge in [0.25, 0.3) is 0 Å². The maximum absolute atomic E-state index is 12.6. The fourth-order valence-electron chi connectivity index (χ4n) is 3.41. The molecule has 1 amide bonds. The molecule has 0 spiro atoms. The van der Waals surface area contributed by atoms with Gasteiger partial charge in [-0.15, -0.1) is 11.3 Å². The third-order valence-electron chi connectivity index (χ3n) is 4.91. The van der Waals surface area contributed by atoms with Crippen molar-refractivity contribution in [3.8, 4) is 0 Å². The highest BCUT2D eigenvalue weighted by Gasteiger charge is 2.21. The molecule has 7 heteroatoms. The Kier molecular flexibility index (Phi) is 5.77. The molecule has 3 heterocycles. The van der Waals surface area contributed by atoms with Crippen LogP contribution in [0.5, 0.6) is 0 Å². The summed E-state index contributed by atoms with van der Waals surface area (Å²) in [7, 11) is 0. The average molecular weight is 376 g/mol. The lowest BCUT2D eigenvalue weighted by Gasteiger charge is -2.23. The van der Waals surface area contributed by atoms with Crippen LogP contribution in [0.25, 0.3) is 0 Å². The maximum Gasteiger partial charge on any atom is 0.230 e. The van der Waals surface area contributed by atoms with Gasteiger partial charge in [0.1, 0.15) is 0 Å². The van der Waals surface area contributed by atoms with Gasteiger partial charge < -0.3 is 5.32 Å². The summed E-state index contributed by atoms with van der Waals surface area (Å²) in [4.78, 5) is 20.9. The molecule has 3 rings (SSSR count). The number of nitrogens with zero attached hydrogens (tertiary/aromatic N) is 4. The second-order valence-electron chi connectivity index (χ2n) is 7.46. The Bertz CT molecular complexity index is 792. The Labute approximate surface area is 159 Å². The SMILES string of the molecule is CCN1CCc2nc(NC(=O)Cc3c(C)nn(CC(C)C)c3C)sc2C1. The molecule has 0 atom stereocenters. The van der Waals surface area contributed by atoms with Crippen LogP contribution in [0, 0.1) is 19.8 Å². The van der Waals surface area contributed by atoms with Crippen molar-refractivity contribution >= 4 is 22.4 Å². The number of aryl methyl sites for hydroxylation is 1. The summed E-state index contributed by atoms with van der Waals surface area (Å²) in [5.74, 6) is 0.512. The predicted molar refractivity (Wildman–Crippen MR) is 106 cm³/mol. The van der Waals surface area contributed by atoms with Crippen LogP contribution < -0.4 is 5.32 Å². The highest BCUT2D eigenvalue weighted by atomic mass is 32.1. The first kappa shape index (κ1) is 19.0. The van der Waals surface area contributed by atoms with E-state index >= 15 is 0 Å². The Hall–Kier alpha value is -1.73. The molecule has 0 unspecified atom stereocenters. The number of fused-ring (bicyclic) bond motifs is 1. The third kappa shape index (κ3) is 4.15. The standard InChI is InChI=1S/C19H29N5OS/c1-6-23-8-7-16-17(11-23)26-19(20-16)21-18(25)9-15-13(4)22-24(14(15)5)10-12(2)3/h12H,6-11H2,1-5H3,(H,20,21,25). The van der Waals surface area contributed by atoms with Crippen LogP contribution in [0.15, 0.2) is 0 Å². The summed E-state index contributed by atoms with van der Waals surface area (Å²) in [6.07, 6.45) is 1.32. The van der Waals surface area contributed by atoms with Crippen molar-refractivity contribution in [1.82, 2.24) is 19.7 Å². The molecule has 1 aliphatic heterocycles. The van der Waals surface area contributed by atoms with Gasteiger partial charge in [-0.05, 0) is 26.3 Å². The van der Waals surface area contributed by atoms with Gasteiger partial charge in [0, 0.05) is 42.2 Å². The Morgan fingerprint density at radius 2 is 2.12 bits per heavy atom. The Balaban J connectivity index is 1.67. The number of hydrogen-bond acceptors (Lipinski definition) is 5. The smallest absolute Gasteiger partial charge is 0.230 e. The van der Waals surface area contributed by atoms with Gasteiger partial charge in [-0.25, -0.2) is 4.98 Å². The number of amides is 1. The summed E-state index contributed by atoms with van der Waals surface area (Å²) in [5, 5.41) is 8.32. The van der Waals surface area contributed by atoms with Crippen molar-refractivity contribution in [2.45, 2.75) is 60.5 Å². The van der Waals surface area contributed by atoms with Gasteiger partial charge in [-0.2, -0.15) is 5.10 Å². The Morgan fingerprint density at radius 1 is 1.35 bits per heavy atom. The lowest BCUT2D eigenvalue weighted by atomic mass is 10.1. The summed E-state index contributed by atoms with van der Waals surface area (Å²) >= 11 is 1.61. The van der Waals surface area contributed by atoms with Gasteiger partial charge in [0.05, 0.1) is 17.8 Å². The van der Waals surface area contributed by atoms with E-state index in [9.17, 15) is 4.79 Å². The molecule has 0 bridgehead atoms. The molecule has 0 saturated carbocycles. The highest BCUT2D eigenvalue weighted by Crippen LogP contribution is 2.28. The van der Waals surface area contributed by atoms with Crippen LogP contribution in [0.3, 0.4) is 0 Å². The molecule has 0 aromatic carbocycles. The van der Waals surface area contributed by atoms with Gasteiger partial charge in [0.15, 0.2) is 5.13 Å². The summed E-state index contributed by atoms with van der Waals surface area (Å²) in [6.45, 7) is 14.5. The molecule has 1 N–H and O–H groups in total. The number of aromatic nitrogens is 3. The molecule has 0 radical (unpaired) electrons. The van der Waals surface area contributed by atoms with Crippen LogP contribution in [-0.4, -0.2) is 38.7 Å². The van der Waals surface area contributed by atoms with Crippen LogP contribution in [0.4, 0.5) is 5.13 Å². The van der Waals surface area contributed by atoms with Crippen molar-refractivity contribution in [2.75, 3.05) is 18.4 Å². The fourth-order valence-corrected chi connectivity index (χ4v) is 4.48. The van der Waals surface area contributed by atoms with E-state index in [-0.39, 0.29) is 5.91 Å². The lowest BCUT2D eigenvalue weighted by Crippen LogP contribution is -2.29. The topological polar surface area (TPSA) is 63.1 Å². The number of carbonyl (C=O) groups is 1. The molecular weight excluding hydrogens is 346 g/mol. The molecule has 1 aliphatic rings. The summed E-state index contributed by atoms with van der Waals surface area (Å²) in [6, 6.07) is 0. The number of likely N-dealkylation sites (N-methyl/N-ethyl adjacent to an activating group) is 1. The molecule has 142 valence electrons. The fraction of sp³-hybridized carbons (Fsp3) is 0.632. The Morgan fingerprint density at radius 3 is 2.81 bits per heavy atom. The van der Waals surface area contributed by atoms with Gasteiger partial charge in [0.2, 0.25) is 5.91 Å². The van der Waals surface area contributed by atoms with Crippen LogP contribution >= 0.6 is 11.3 Å². The van der Waals surface area contributed by atoms with E-state index < -0.39 is 0 Å². The van der Waals surface area contributed by atoms with Gasteiger partial charge in [-0.1, -0.05) is 20.8 Å². The van der Waals surface area contributed by atoms with E-state index in [2.05, 4.69) is 41.1 Å². The zero-order valence-electron chi connectivity index (χ0n) is 16.4. The van der Waals surface area contributed by atoms with E-state index in [4.69, 9.17) is 0 Å². The molecule has 0 aliphatic carbocycles. The van der Waals surface area contributed by atoms with E-state index in [1.807, 2.05) is 18.5 Å². The largest absolute Gasteiger partial charge is 0.302 e. The normalized spacial score (nSPS) is 14.7. The lowest BCUT2D eigenvalue weighted by molar-refractivity contribution is -0.115. The number of rotatable bonds is 6. The minimum atomic E-state index is -0.0151. The molecular formula is C19H29N5OS. The second-order valence-corrected chi connectivity index (χ2v) is 8.54. The molecule has 0 saturated heterocycles. The number of carbonyl (C=O) groups excluding carboxylic acids is 1. The molecule has 26 heavy (non-hydrogen) atoms. The van der Waals surface area contributed by atoms with E-state index in [1.165, 1.54) is 4.88 Å². The minimum absolute atomic E-state index is 0.0151. The van der Waals surface area contributed by atoms with Crippen molar-refractivity contribution < 1.29 is 4.79 Å². The first-order valence-corrected chi connectivity index (χ1v) is 10.2. The quantitative estimate of drug-likeness (QED) is 0.842. The van der Waals surface area contributed by atoms with Gasteiger partial charge in [-0.3, -0.25) is 14.4 Å². The maximum atomic E-state index is 12.6. The number of thiazole rings is 1. The summed E-state index contributed by atoms with van der Waals surface area (Å²) < 4.78 is 2.02. The first-order valence-electron chi connectivity index (χ1n) is 9.41. The average Bonchev–Trinajstić information content (AvgIpc) is 3.09. The zero-order chi connectivity index (χ0) is 18.8. The number of hydrogen-bond donors (Lipinski definition) is 1. The minimum Gasteiger partial charge on any atom is -0.302 e. The van der Waals surface area contributed by atoms with Gasteiger partial charge >= 0.3 is 0 Å². The van der Waals surface area contributed by atoms with Crippen LogP contribution in [0.1, 0.15) is 48.3 Å². The van der Waals surface area contributed by atoms with Crippen LogP contribution in [0.2, 0.25) is 0 Å². The van der Waals surface area contributed by atoms with Crippen molar-refractivity contribution in [2.24, 2.45) is 5.92 Å².